The quantitative estimate of drug-likeness (QED) is 0.643. The molecule has 0 atom stereocenters. The molecule has 0 saturated heterocycles. The molecule has 6 nitrogen and oxygen atoms in total. The highest BCUT2D eigenvalue weighted by molar-refractivity contribution is 6.04. The topological polar surface area (TPSA) is 87.3 Å². The SMILES string of the molecule is CC(C)CNC(=O)c1ccccc1NC(=O)CNC(=O)C12CC3CC(CC(C3)C1)C2. The molecule has 0 aromatic heterocycles. The van der Waals surface area contributed by atoms with E-state index < -0.39 is 0 Å². The third-order valence-electron chi connectivity index (χ3n) is 7.05. The van der Waals surface area contributed by atoms with Crippen molar-refractivity contribution in [3.8, 4) is 0 Å². The summed E-state index contributed by atoms with van der Waals surface area (Å²) in [6, 6.07) is 6.96. The number of carbonyl (C=O) groups is 3. The lowest BCUT2D eigenvalue weighted by atomic mass is 9.49. The number of anilines is 1. The van der Waals surface area contributed by atoms with Crippen molar-refractivity contribution in [2.45, 2.75) is 52.4 Å². The summed E-state index contributed by atoms with van der Waals surface area (Å²) in [5.41, 5.74) is 0.635. The first-order valence-corrected chi connectivity index (χ1v) is 11.3. The van der Waals surface area contributed by atoms with Crippen LogP contribution in [0.5, 0.6) is 0 Å². The largest absolute Gasteiger partial charge is 0.352 e. The van der Waals surface area contributed by atoms with Gasteiger partial charge in [-0.3, -0.25) is 14.4 Å². The number of nitrogens with one attached hydrogen (secondary N) is 3. The number of hydrogen-bond donors (Lipinski definition) is 3. The minimum Gasteiger partial charge on any atom is -0.352 e. The Labute approximate surface area is 178 Å². The third-order valence-corrected chi connectivity index (χ3v) is 7.05. The highest BCUT2D eigenvalue weighted by atomic mass is 16.2. The molecule has 30 heavy (non-hydrogen) atoms. The first kappa shape index (κ1) is 20.9. The summed E-state index contributed by atoms with van der Waals surface area (Å²) < 4.78 is 0. The molecule has 0 radical (unpaired) electrons. The van der Waals surface area contributed by atoms with Crippen molar-refractivity contribution in [3.05, 3.63) is 29.8 Å². The van der Waals surface area contributed by atoms with Gasteiger partial charge in [0.1, 0.15) is 0 Å². The van der Waals surface area contributed by atoms with Crippen molar-refractivity contribution in [2.24, 2.45) is 29.1 Å². The van der Waals surface area contributed by atoms with Gasteiger partial charge >= 0.3 is 0 Å². The fraction of sp³-hybridized carbons (Fsp3) is 0.625. The predicted molar refractivity (Wildman–Crippen MR) is 116 cm³/mol. The molecule has 1 aromatic rings. The van der Waals surface area contributed by atoms with Crippen LogP contribution in [0.1, 0.15) is 62.7 Å². The van der Waals surface area contributed by atoms with Gasteiger partial charge in [0, 0.05) is 12.0 Å². The molecule has 0 spiro atoms. The zero-order chi connectivity index (χ0) is 21.3. The zero-order valence-corrected chi connectivity index (χ0v) is 18.0. The second kappa shape index (κ2) is 8.40. The Balaban J connectivity index is 1.33. The van der Waals surface area contributed by atoms with E-state index in [-0.39, 0.29) is 29.7 Å². The van der Waals surface area contributed by atoms with Crippen molar-refractivity contribution in [3.63, 3.8) is 0 Å². The maximum absolute atomic E-state index is 13.0. The molecule has 4 saturated carbocycles. The fourth-order valence-corrected chi connectivity index (χ4v) is 6.11. The van der Waals surface area contributed by atoms with Crippen molar-refractivity contribution >= 4 is 23.4 Å². The van der Waals surface area contributed by atoms with Crippen molar-refractivity contribution < 1.29 is 14.4 Å². The van der Waals surface area contributed by atoms with Crippen molar-refractivity contribution in [1.82, 2.24) is 10.6 Å². The summed E-state index contributed by atoms with van der Waals surface area (Å²) in [6.45, 7) is 4.56. The van der Waals surface area contributed by atoms with Gasteiger partial charge in [-0.2, -0.15) is 0 Å². The van der Waals surface area contributed by atoms with Crippen molar-refractivity contribution in [1.29, 1.82) is 0 Å². The Morgan fingerprint density at radius 3 is 2.17 bits per heavy atom. The van der Waals surface area contributed by atoms with E-state index in [4.69, 9.17) is 0 Å². The molecule has 4 aliphatic carbocycles. The third kappa shape index (κ3) is 4.37. The van der Waals surface area contributed by atoms with Crippen LogP contribution in [0.3, 0.4) is 0 Å². The molecular formula is C24H33N3O3. The van der Waals surface area contributed by atoms with Gasteiger partial charge in [-0.05, 0) is 74.3 Å². The number of amides is 3. The number of para-hydroxylation sites is 1. The maximum Gasteiger partial charge on any atom is 0.253 e. The monoisotopic (exact) mass is 411 g/mol. The number of carbonyl (C=O) groups excluding carboxylic acids is 3. The van der Waals surface area contributed by atoms with Gasteiger partial charge in [0.25, 0.3) is 5.91 Å². The Morgan fingerprint density at radius 1 is 0.967 bits per heavy atom. The van der Waals surface area contributed by atoms with E-state index in [0.717, 1.165) is 19.3 Å². The van der Waals surface area contributed by atoms with Gasteiger partial charge in [0.15, 0.2) is 0 Å². The van der Waals surface area contributed by atoms with E-state index >= 15 is 0 Å². The van der Waals surface area contributed by atoms with Gasteiger partial charge in [-0.25, -0.2) is 0 Å². The highest BCUT2D eigenvalue weighted by Crippen LogP contribution is 2.60. The van der Waals surface area contributed by atoms with E-state index in [9.17, 15) is 14.4 Å². The smallest absolute Gasteiger partial charge is 0.253 e. The van der Waals surface area contributed by atoms with Crippen LogP contribution in [0.15, 0.2) is 24.3 Å². The highest BCUT2D eigenvalue weighted by Gasteiger charge is 2.54. The Bertz CT molecular complexity index is 797. The molecule has 3 N–H and O–H groups in total. The fourth-order valence-electron chi connectivity index (χ4n) is 6.11. The Hall–Kier alpha value is -2.37. The van der Waals surface area contributed by atoms with Crippen LogP contribution in [-0.4, -0.2) is 30.8 Å². The van der Waals surface area contributed by atoms with Crippen LogP contribution >= 0.6 is 0 Å². The summed E-state index contributed by atoms with van der Waals surface area (Å²) in [5.74, 6) is 1.93. The molecule has 6 heteroatoms. The summed E-state index contributed by atoms with van der Waals surface area (Å²) >= 11 is 0. The molecule has 0 unspecified atom stereocenters. The number of hydrogen-bond acceptors (Lipinski definition) is 3. The predicted octanol–water partition coefficient (Wildman–Crippen LogP) is 3.34. The summed E-state index contributed by atoms with van der Waals surface area (Å²) in [5, 5.41) is 8.57. The molecule has 4 fully saturated rings. The van der Waals surface area contributed by atoms with Gasteiger partial charge in [0.2, 0.25) is 11.8 Å². The number of rotatable bonds is 7. The molecular weight excluding hydrogens is 378 g/mol. The second-order valence-electron chi connectivity index (χ2n) is 10.1. The van der Waals surface area contributed by atoms with E-state index in [1.807, 2.05) is 13.8 Å². The van der Waals surface area contributed by atoms with Gasteiger partial charge in [-0.15, -0.1) is 0 Å². The van der Waals surface area contributed by atoms with Crippen LogP contribution in [0.4, 0.5) is 5.69 Å². The first-order valence-electron chi connectivity index (χ1n) is 11.3. The normalized spacial score (nSPS) is 29.0. The molecule has 4 bridgehead atoms. The first-order chi connectivity index (χ1) is 14.3. The lowest BCUT2D eigenvalue weighted by Crippen LogP contribution is -2.54. The van der Waals surface area contributed by atoms with Gasteiger partial charge in [0.05, 0.1) is 17.8 Å². The molecule has 1 aromatic carbocycles. The van der Waals surface area contributed by atoms with Gasteiger partial charge < -0.3 is 16.0 Å². The summed E-state index contributed by atoms with van der Waals surface area (Å²) in [4.78, 5) is 38.0. The lowest BCUT2D eigenvalue weighted by Gasteiger charge is -2.55. The van der Waals surface area contributed by atoms with Crippen LogP contribution in [0.2, 0.25) is 0 Å². The van der Waals surface area contributed by atoms with Crippen LogP contribution in [0, 0.1) is 29.1 Å². The van der Waals surface area contributed by atoms with Crippen LogP contribution in [0.25, 0.3) is 0 Å². The summed E-state index contributed by atoms with van der Waals surface area (Å²) in [6.07, 6.45) is 6.77. The van der Waals surface area contributed by atoms with Crippen molar-refractivity contribution in [2.75, 3.05) is 18.4 Å². The standard InChI is InChI=1S/C24H33N3O3/c1-15(2)13-25-22(29)19-5-3-4-6-20(19)27-21(28)14-26-23(30)24-10-16-7-17(11-24)9-18(8-16)12-24/h3-6,15-18H,7-14H2,1-2H3,(H,25,29)(H,26,30)(H,27,28). The average molecular weight is 412 g/mol. The Kier molecular flexibility index (Phi) is 5.85. The zero-order valence-electron chi connectivity index (χ0n) is 18.0. The van der Waals surface area contributed by atoms with E-state index in [0.29, 0.717) is 41.5 Å². The van der Waals surface area contributed by atoms with Crippen LogP contribution < -0.4 is 16.0 Å². The minimum atomic E-state index is -0.308. The maximum atomic E-state index is 13.0. The van der Waals surface area contributed by atoms with E-state index in [2.05, 4.69) is 16.0 Å². The molecule has 5 rings (SSSR count). The van der Waals surface area contributed by atoms with Crippen LogP contribution in [-0.2, 0) is 9.59 Å². The Morgan fingerprint density at radius 2 is 1.57 bits per heavy atom. The minimum absolute atomic E-state index is 0.0414. The molecule has 162 valence electrons. The summed E-state index contributed by atoms with van der Waals surface area (Å²) in [7, 11) is 0. The van der Waals surface area contributed by atoms with E-state index in [1.165, 1.54) is 19.3 Å². The molecule has 0 aliphatic heterocycles. The molecule has 3 amide bonds. The molecule has 0 heterocycles. The average Bonchev–Trinajstić information content (AvgIpc) is 2.69. The molecule has 4 aliphatic rings. The van der Waals surface area contributed by atoms with E-state index in [1.54, 1.807) is 24.3 Å². The number of benzene rings is 1. The second-order valence-corrected chi connectivity index (χ2v) is 10.1. The lowest BCUT2D eigenvalue weighted by molar-refractivity contribution is -0.146. The van der Waals surface area contributed by atoms with Gasteiger partial charge in [-0.1, -0.05) is 26.0 Å².